The van der Waals surface area contributed by atoms with Gasteiger partial charge in [0.15, 0.2) is 0 Å². The summed E-state index contributed by atoms with van der Waals surface area (Å²) in [6, 6.07) is 0.501. The van der Waals surface area contributed by atoms with Crippen molar-refractivity contribution in [1.29, 1.82) is 0 Å². The highest BCUT2D eigenvalue weighted by Crippen LogP contribution is 2.28. The zero-order chi connectivity index (χ0) is 10.3. The number of aromatic nitrogens is 2. The molecule has 0 aliphatic carbocycles. The Morgan fingerprint density at radius 3 is 2.93 bits per heavy atom. The molecule has 2 N–H and O–H groups in total. The molecule has 4 nitrogen and oxygen atoms in total. The van der Waals surface area contributed by atoms with Gasteiger partial charge in [-0.05, 0) is 32.9 Å². The van der Waals surface area contributed by atoms with Crippen LogP contribution in [0.25, 0.3) is 0 Å². The summed E-state index contributed by atoms with van der Waals surface area (Å²) >= 11 is 0. The second-order valence-electron chi connectivity index (χ2n) is 4.58. The monoisotopic (exact) mass is 206 g/mol. The van der Waals surface area contributed by atoms with Crippen LogP contribution in [0.1, 0.15) is 36.1 Å². The van der Waals surface area contributed by atoms with E-state index < -0.39 is 0 Å². The number of hydrogen-bond donors (Lipinski definition) is 2. The topological polar surface area (TPSA) is 44.0 Å². The number of H-pyrrole nitrogens is 1. The average molecular weight is 206 g/mol. The lowest BCUT2D eigenvalue weighted by molar-refractivity contribution is 0.224. The van der Waals surface area contributed by atoms with Gasteiger partial charge in [-0.15, -0.1) is 0 Å². The predicted octanol–water partition coefficient (Wildman–Crippen LogP) is 0.958. The molecule has 0 radical (unpaired) electrons. The Bertz CT molecular complexity index is 351. The van der Waals surface area contributed by atoms with E-state index in [4.69, 9.17) is 0 Å². The lowest BCUT2D eigenvalue weighted by atomic mass is 10.1. The Kier molecular flexibility index (Phi) is 2.25. The van der Waals surface area contributed by atoms with Crippen LogP contribution in [0.15, 0.2) is 0 Å². The van der Waals surface area contributed by atoms with Crippen LogP contribution < -0.4 is 5.32 Å². The first kappa shape index (κ1) is 9.36. The first-order valence-corrected chi connectivity index (χ1v) is 5.85. The third-order valence-corrected chi connectivity index (χ3v) is 3.47. The molecular weight excluding hydrogens is 188 g/mol. The molecule has 1 fully saturated rings. The molecule has 1 aromatic rings. The van der Waals surface area contributed by atoms with Crippen molar-refractivity contribution in [2.75, 3.05) is 19.6 Å². The van der Waals surface area contributed by atoms with Crippen LogP contribution in [0.2, 0.25) is 0 Å². The van der Waals surface area contributed by atoms with Crippen LogP contribution in [0.5, 0.6) is 0 Å². The predicted molar refractivity (Wildman–Crippen MR) is 58.6 cm³/mol. The van der Waals surface area contributed by atoms with Crippen molar-refractivity contribution in [3.63, 3.8) is 0 Å². The summed E-state index contributed by atoms with van der Waals surface area (Å²) in [6.07, 6.45) is 2.68. The Labute approximate surface area is 90.1 Å². The van der Waals surface area contributed by atoms with Gasteiger partial charge in [-0.2, -0.15) is 0 Å². The van der Waals surface area contributed by atoms with Crippen molar-refractivity contribution in [3.05, 3.63) is 17.2 Å². The van der Waals surface area contributed by atoms with E-state index in [2.05, 4.69) is 20.2 Å². The standard InChI is InChI=1S/C11H18N4/c1-8-13-9-6-12-7-10(11(9)14-8)15-4-2-3-5-15/h10,12H,2-7H2,1H3,(H,13,14). The molecule has 1 atom stereocenters. The summed E-state index contributed by atoms with van der Waals surface area (Å²) in [5.41, 5.74) is 2.57. The zero-order valence-corrected chi connectivity index (χ0v) is 9.21. The number of aromatic amines is 1. The first-order valence-electron chi connectivity index (χ1n) is 5.85. The maximum absolute atomic E-state index is 4.64. The number of fused-ring (bicyclic) bond motifs is 1. The van der Waals surface area contributed by atoms with E-state index in [0.29, 0.717) is 6.04 Å². The van der Waals surface area contributed by atoms with Crippen LogP contribution in [0, 0.1) is 6.92 Å². The van der Waals surface area contributed by atoms with Gasteiger partial charge < -0.3 is 10.3 Å². The van der Waals surface area contributed by atoms with E-state index in [1.807, 2.05) is 6.92 Å². The van der Waals surface area contributed by atoms with Crippen LogP contribution in [-0.2, 0) is 6.54 Å². The van der Waals surface area contributed by atoms with Gasteiger partial charge in [0, 0.05) is 13.1 Å². The molecule has 82 valence electrons. The largest absolute Gasteiger partial charge is 0.345 e. The number of aryl methyl sites for hydroxylation is 1. The molecule has 0 aromatic carbocycles. The van der Waals surface area contributed by atoms with Gasteiger partial charge in [0.2, 0.25) is 0 Å². The second-order valence-corrected chi connectivity index (χ2v) is 4.58. The van der Waals surface area contributed by atoms with Gasteiger partial charge in [0.1, 0.15) is 5.82 Å². The lowest BCUT2D eigenvalue weighted by Crippen LogP contribution is -2.38. The fourth-order valence-corrected chi connectivity index (χ4v) is 2.75. The maximum Gasteiger partial charge on any atom is 0.103 e. The van der Waals surface area contributed by atoms with Crippen LogP contribution in [-0.4, -0.2) is 34.5 Å². The van der Waals surface area contributed by atoms with E-state index in [-0.39, 0.29) is 0 Å². The molecule has 1 unspecified atom stereocenters. The number of rotatable bonds is 1. The van der Waals surface area contributed by atoms with Crippen molar-refractivity contribution in [2.24, 2.45) is 0 Å². The van der Waals surface area contributed by atoms with Crippen molar-refractivity contribution in [3.8, 4) is 0 Å². The summed E-state index contributed by atoms with van der Waals surface area (Å²) < 4.78 is 0. The Morgan fingerprint density at radius 1 is 1.33 bits per heavy atom. The van der Waals surface area contributed by atoms with Crippen molar-refractivity contribution in [1.82, 2.24) is 20.2 Å². The minimum atomic E-state index is 0.501. The van der Waals surface area contributed by atoms with Gasteiger partial charge >= 0.3 is 0 Å². The Hall–Kier alpha value is -0.870. The van der Waals surface area contributed by atoms with Crippen molar-refractivity contribution >= 4 is 0 Å². The lowest BCUT2D eigenvalue weighted by Gasteiger charge is -2.30. The molecule has 3 rings (SSSR count). The zero-order valence-electron chi connectivity index (χ0n) is 9.21. The highest BCUT2D eigenvalue weighted by Gasteiger charge is 2.29. The second kappa shape index (κ2) is 3.61. The Morgan fingerprint density at radius 2 is 2.13 bits per heavy atom. The fraction of sp³-hybridized carbons (Fsp3) is 0.727. The molecule has 2 aliphatic heterocycles. The minimum Gasteiger partial charge on any atom is -0.345 e. The molecular formula is C11H18N4. The molecule has 4 heteroatoms. The molecule has 0 spiro atoms. The van der Waals surface area contributed by atoms with Gasteiger partial charge in [0.05, 0.1) is 17.4 Å². The highest BCUT2D eigenvalue weighted by atomic mass is 15.2. The number of imidazole rings is 1. The van der Waals surface area contributed by atoms with E-state index in [0.717, 1.165) is 18.9 Å². The van der Waals surface area contributed by atoms with Crippen LogP contribution >= 0.6 is 0 Å². The molecule has 0 amide bonds. The van der Waals surface area contributed by atoms with Crippen molar-refractivity contribution in [2.45, 2.75) is 32.4 Å². The number of nitrogens with zero attached hydrogens (tertiary/aromatic N) is 2. The van der Waals surface area contributed by atoms with Gasteiger partial charge in [-0.25, -0.2) is 4.98 Å². The smallest absolute Gasteiger partial charge is 0.103 e. The quantitative estimate of drug-likeness (QED) is 0.719. The summed E-state index contributed by atoms with van der Waals surface area (Å²) in [7, 11) is 0. The molecule has 1 aromatic heterocycles. The van der Waals surface area contributed by atoms with E-state index in [1.54, 1.807) is 0 Å². The highest BCUT2D eigenvalue weighted by molar-refractivity contribution is 5.21. The third kappa shape index (κ3) is 1.58. The summed E-state index contributed by atoms with van der Waals surface area (Å²) in [5.74, 6) is 1.05. The number of likely N-dealkylation sites (tertiary alicyclic amines) is 1. The molecule has 2 aliphatic rings. The van der Waals surface area contributed by atoms with Gasteiger partial charge in [-0.3, -0.25) is 4.90 Å². The molecule has 1 saturated heterocycles. The Balaban J connectivity index is 1.90. The van der Waals surface area contributed by atoms with Gasteiger partial charge in [-0.1, -0.05) is 0 Å². The fourth-order valence-electron chi connectivity index (χ4n) is 2.75. The van der Waals surface area contributed by atoms with E-state index in [9.17, 15) is 0 Å². The molecule has 15 heavy (non-hydrogen) atoms. The SMILES string of the molecule is Cc1nc2c([nH]1)CNCC2N1CCCC1. The van der Waals surface area contributed by atoms with Crippen LogP contribution in [0.3, 0.4) is 0 Å². The molecule has 0 saturated carbocycles. The van der Waals surface area contributed by atoms with E-state index >= 15 is 0 Å². The summed E-state index contributed by atoms with van der Waals surface area (Å²) in [5, 5.41) is 3.47. The summed E-state index contributed by atoms with van der Waals surface area (Å²) in [6.45, 7) is 6.51. The van der Waals surface area contributed by atoms with E-state index in [1.165, 1.54) is 37.3 Å². The number of hydrogen-bond acceptors (Lipinski definition) is 3. The normalized spacial score (nSPS) is 26.9. The minimum absolute atomic E-state index is 0.501. The average Bonchev–Trinajstić information content (AvgIpc) is 2.82. The first-order chi connectivity index (χ1) is 7.34. The third-order valence-electron chi connectivity index (χ3n) is 3.47. The maximum atomic E-state index is 4.64. The summed E-state index contributed by atoms with van der Waals surface area (Å²) in [4.78, 5) is 10.6. The van der Waals surface area contributed by atoms with Crippen LogP contribution in [0.4, 0.5) is 0 Å². The number of nitrogens with one attached hydrogen (secondary N) is 2. The van der Waals surface area contributed by atoms with Crippen molar-refractivity contribution < 1.29 is 0 Å². The van der Waals surface area contributed by atoms with Gasteiger partial charge in [0.25, 0.3) is 0 Å². The molecule has 3 heterocycles. The molecule has 0 bridgehead atoms.